The Morgan fingerprint density at radius 3 is 2.72 bits per heavy atom. The highest BCUT2D eigenvalue weighted by molar-refractivity contribution is 6.03. The van der Waals surface area contributed by atoms with E-state index in [1.165, 1.54) is 0 Å². The van der Waals surface area contributed by atoms with Gasteiger partial charge in [0.2, 0.25) is 5.91 Å². The summed E-state index contributed by atoms with van der Waals surface area (Å²) in [6.45, 7) is 6.23. The van der Waals surface area contributed by atoms with Crippen molar-refractivity contribution in [3.63, 3.8) is 0 Å². The average Bonchev–Trinajstić information content (AvgIpc) is 2.65. The predicted octanol–water partition coefficient (Wildman–Crippen LogP) is 3.24. The highest BCUT2D eigenvalue weighted by Gasteiger charge is 2.30. The number of fused-ring (bicyclic) bond motifs is 1. The van der Waals surface area contributed by atoms with Crippen LogP contribution in [0.2, 0.25) is 0 Å². The van der Waals surface area contributed by atoms with Crippen LogP contribution in [0.25, 0.3) is 0 Å². The van der Waals surface area contributed by atoms with Gasteiger partial charge in [-0.25, -0.2) is 0 Å². The standard InChI is InChI=1S/C15H22N2O/c1-4-6-13(16)10-7-9(3)14-12(8-10)11(5-2)15(18)17-14/h7-8,11,13H,4-6,16H2,1-3H3,(H,17,18). The zero-order valence-corrected chi connectivity index (χ0v) is 11.4. The van der Waals surface area contributed by atoms with E-state index in [1.807, 2.05) is 13.8 Å². The molecule has 3 heteroatoms. The smallest absolute Gasteiger partial charge is 0.232 e. The monoisotopic (exact) mass is 246 g/mol. The number of carbonyl (C=O) groups is 1. The number of nitrogens with two attached hydrogens (primary N) is 1. The van der Waals surface area contributed by atoms with Crippen molar-refractivity contribution in [2.24, 2.45) is 5.73 Å². The van der Waals surface area contributed by atoms with Crippen molar-refractivity contribution in [2.45, 2.75) is 52.0 Å². The molecule has 3 nitrogen and oxygen atoms in total. The molecule has 0 bridgehead atoms. The van der Waals surface area contributed by atoms with E-state index in [1.54, 1.807) is 0 Å². The van der Waals surface area contributed by atoms with Crippen molar-refractivity contribution in [3.05, 3.63) is 28.8 Å². The third kappa shape index (κ3) is 2.15. The molecular formula is C15H22N2O. The topological polar surface area (TPSA) is 55.1 Å². The molecule has 0 radical (unpaired) electrons. The van der Waals surface area contributed by atoms with Gasteiger partial charge in [0.1, 0.15) is 0 Å². The average molecular weight is 246 g/mol. The van der Waals surface area contributed by atoms with Gasteiger partial charge in [0.25, 0.3) is 0 Å². The molecule has 0 aromatic heterocycles. The highest BCUT2D eigenvalue weighted by Crippen LogP contribution is 2.38. The molecular weight excluding hydrogens is 224 g/mol. The van der Waals surface area contributed by atoms with Crippen LogP contribution in [-0.4, -0.2) is 5.91 Å². The summed E-state index contributed by atoms with van der Waals surface area (Å²) in [5, 5.41) is 2.99. The van der Waals surface area contributed by atoms with E-state index in [-0.39, 0.29) is 17.9 Å². The normalized spacial score (nSPS) is 19.6. The van der Waals surface area contributed by atoms with Crippen LogP contribution in [0.15, 0.2) is 12.1 Å². The van der Waals surface area contributed by atoms with E-state index in [2.05, 4.69) is 24.4 Å². The number of carbonyl (C=O) groups excluding carboxylic acids is 1. The lowest BCUT2D eigenvalue weighted by molar-refractivity contribution is -0.117. The maximum absolute atomic E-state index is 11.9. The molecule has 1 amide bonds. The lowest BCUT2D eigenvalue weighted by Gasteiger charge is -2.15. The Balaban J connectivity index is 2.42. The molecule has 1 aliphatic rings. The van der Waals surface area contributed by atoms with Gasteiger partial charge in [-0.2, -0.15) is 0 Å². The van der Waals surface area contributed by atoms with Gasteiger partial charge < -0.3 is 11.1 Å². The summed E-state index contributed by atoms with van der Waals surface area (Å²) in [4.78, 5) is 11.9. The first-order valence-electron chi connectivity index (χ1n) is 6.79. The zero-order valence-electron chi connectivity index (χ0n) is 11.4. The van der Waals surface area contributed by atoms with Crippen LogP contribution in [0.1, 0.15) is 61.8 Å². The fourth-order valence-electron chi connectivity index (χ4n) is 2.74. The van der Waals surface area contributed by atoms with Gasteiger partial charge in [0, 0.05) is 11.7 Å². The number of hydrogen-bond donors (Lipinski definition) is 2. The van der Waals surface area contributed by atoms with Crippen LogP contribution >= 0.6 is 0 Å². The molecule has 0 fully saturated rings. The fraction of sp³-hybridized carbons (Fsp3) is 0.533. The maximum atomic E-state index is 11.9. The van der Waals surface area contributed by atoms with Crippen LogP contribution in [0.4, 0.5) is 5.69 Å². The number of benzene rings is 1. The van der Waals surface area contributed by atoms with Crippen molar-refractivity contribution in [3.8, 4) is 0 Å². The van der Waals surface area contributed by atoms with Gasteiger partial charge in [0.15, 0.2) is 0 Å². The van der Waals surface area contributed by atoms with Crippen molar-refractivity contribution in [1.82, 2.24) is 0 Å². The molecule has 2 unspecified atom stereocenters. The number of anilines is 1. The van der Waals surface area contributed by atoms with Gasteiger partial charge >= 0.3 is 0 Å². The van der Waals surface area contributed by atoms with Crippen molar-refractivity contribution in [2.75, 3.05) is 5.32 Å². The first kappa shape index (κ1) is 13.1. The molecule has 1 aromatic rings. The highest BCUT2D eigenvalue weighted by atomic mass is 16.2. The Morgan fingerprint density at radius 1 is 1.39 bits per heavy atom. The third-order valence-corrected chi connectivity index (χ3v) is 3.76. The molecule has 0 saturated carbocycles. The molecule has 0 spiro atoms. The summed E-state index contributed by atoms with van der Waals surface area (Å²) >= 11 is 0. The molecule has 2 rings (SSSR count). The van der Waals surface area contributed by atoms with Crippen molar-refractivity contribution < 1.29 is 4.79 Å². The first-order chi connectivity index (χ1) is 8.58. The minimum absolute atomic E-state index is 0.00697. The largest absolute Gasteiger partial charge is 0.325 e. The number of nitrogens with one attached hydrogen (secondary N) is 1. The summed E-state index contributed by atoms with van der Waals surface area (Å²) in [6.07, 6.45) is 2.90. The Kier molecular flexibility index (Phi) is 3.71. The minimum atomic E-state index is -0.00697. The molecule has 98 valence electrons. The summed E-state index contributed by atoms with van der Waals surface area (Å²) in [5.74, 6) is 0.115. The Hall–Kier alpha value is -1.35. The lowest BCUT2D eigenvalue weighted by Crippen LogP contribution is -2.11. The van der Waals surface area contributed by atoms with Crippen LogP contribution in [0, 0.1) is 6.92 Å². The SMILES string of the molecule is CCCC(N)c1cc(C)c2c(c1)C(CC)C(=O)N2. The van der Waals surface area contributed by atoms with Crippen LogP contribution < -0.4 is 11.1 Å². The van der Waals surface area contributed by atoms with Crippen LogP contribution in [0.5, 0.6) is 0 Å². The molecule has 3 N–H and O–H groups in total. The molecule has 0 saturated heterocycles. The van der Waals surface area contributed by atoms with Gasteiger partial charge in [-0.15, -0.1) is 0 Å². The minimum Gasteiger partial charge on any atom is -0.325 e. The Bertz CT molecular complexity index is 468. The summed E-state index contributed by atoms with van der Waals surface area (Å²) in [5.41, 5.74) is 10.6. The second-order valence-electron chi connectivity index (χ2n) is 5.15. The maximum Gasteiger partial charge on any atom is 0.232 e. The van der Waals surface area contributed by atoms with Gasteiger partial charge in [-0.05, 0) is 36.5 Å². The third-order valence-electron chi connectivity index (χ3n) is 3.76. The number of rotatable bonds is 4. The summed E-state index contributed by atoms with van der Waals surface area (Å²) in [7, 11) is 0. The zero-order chi connectivity index (χ0) is 13.3. The van der Waals surface area contributed by atoms with E-state index in [0.717, 1.165) is 41.6 Å². The van der Waals surface area contributed by atoms with Gasteiger partial charge in [0.05, 0.1) is 5.92 Å². The summed E-state index contributed by atoms with van der Waals surface area (Å²) in [6, 6.07) is 4.30. The van der Waals surface area contributed by atoms with E-state index in [4.69, 9.17) is 5.73 Å². The number of aryl methyl sites for hydroxylation is 1. The van der Waals surface area contributed by atoms with Gasteiger partial charge in [-0.3, -0.25) is 4.79 Å². The molecule has 0 aliphatic carbocycles. The van der Waals surface area contributed by atoms with Crippen molar-refractivity contribution in [1.29, 1.82) is 0 Å². The number of amides is 1. The molecule has 1 heterocycles. The van der Waals surface area contributed by atoms with Gasteiger partial charge in [-0.1, -0.05) is 32.4 Å². The van der Waals surface area contributed by atoms with E-state index >= 15 is 0 Å². The van der Waals surface area contributed by atoms with Crippen LogP contribution in [0.3, 0.4) is 0 Å². The molecule has 18 heavy (non-hydrogen) atoms. The number of hydrogen-bond acceptors (Lipinski definition) is 2. The quantitative estimate of drug-likeness (QED) is 0.857. The van der Waals surface area contributed by atoms with Crippen molar-refractivity contribution >= 4 is 11.6 Å². The van der Waals surface area contributed by atoms with E-state index in [9.17, 15) is 4.79 Å². The first-order valence-corrected chi connectivity index (χ1v) is 6.79. The van der Waals surface area contributed by atoms with Crippen LogP contribution in [-0.2, 0) is 4.79 Å². The lowest BCUT2D eigenvalue weighted by atomic mass is 9.91. The summed E-state index contributed by atoms with van der Waals surface area (Å²) < 4.78 is 0. The van der Waals surface area contributed by atoms with E-state index < -0.39 is 0 Å². The molecule has 2 atom stereocenters. The second kappa shape index (κ2) is 5.11. The molecule has 1 aliphatic heterocycles. The fourth-order valence-corrected chi connectivity index (χ4v) is 2.74. The molecule has 1 aromatic carbocycles. The Morgan fingerprint density at radius 2 is 2.11 bits per heavy atom. The Labute approximate surface area is 109 Å². The second-order valence-corrected chi connectivity index (χ2v) is 5.15. The van der Waals surface area contributed by atoms with E-state index in [0.29, 0.717) is 0 Å². The predicted molar refractivity (Wildman–Crippen MR) is 74.7 cm³/mol.